The lowest BCUT2D eigenvalue weighted by atomic mass is 10.2. The molecular weight excluding hydrogens is 294 g/mol. The molecule has 1 saturated carbocycles. The number of sulfonamides is 1. The van der Waals surface area contributed by atoms with Crippen molar-refractivity contribution in [2.24, 2.45) is 0 Å². The minimum absolute atomic E-state index is 0.119. The lowest BCUT2D eigenvalue weighted by molar-refractivity contribution is 0.0691. The first-order chi connectivity index (χ1) is 9.89. The zero-order valence-corrected chi connectivity index (χ0v) is 12.7. The Morgan fingerprint density at radius 3 is 2.67 bits per heavy atom. The number of carboxylic acid groups (broad SMARTS) is 1. The molecule has 0 aromatic carbocycles. The van der Waals surface area contributed by atoms with Gasteiger partial charge in [-0.2, -0.15) is 9.40 Å². The lowest BCUT2D eigenvalue weighted by Gasteiger charge is -2.26. The summed E-state index contributed by atoms with van der Waals surface area (Å²) in [6.07, 6.45) is 5.01. The number of nitrogens with one attached hydrogen (secondary N) is 1. The summed E-state index contributed by atoms with van der Waals surface area (Å²) in [6, 6.07) is -0.119. The molecule has 0 atom stereocenters. The molecule has 1 aliphatic carbocycles. The Labute approximate surface area is 123 Å². The van der Waals surface area contributed by atoms with Crippen molar-refractivity contribution in [2.75, 3.05) is 6.54 Å². The number of rotatable bonds is 6. The fourth-order valence-corrected chi connectivity index (χ4v) is 4.51. The van der Waals surface area contributed by atoms with Crippen molar-refractivity contribution in [3.63, 3.8) is 0 Å². The second kappa shape index (κ2) is 5.98. The fourth-order valence-electron chi connectivity index (χ4n) is 2.72. The summed E-state index contributed by atoms with van der Waals surface area (Å²) >= 11 is 0. The Morgan fingerprint density at radius 2 is 2.14 bits per heavy atom. The maximum atomic E-state index is 12.8. The molecule has 8 heteroatoms. The summed E-state index contributed by atoms with van der Waals surface area (Å²) in [5.41, 5.74) is -0.0619. The number of hydrogen-bond donors (Lipinski definition) is 2. The fraction of sp³-hybridized carbons (Fsp3) is 0.538. The number of aromatic amines is 1. The molecular formula is C13H19N3O4S. The molecule has 0 aliphatic heterocycles. The summed E-state index contributed by atoms with van der Waals surface area (Å²) in [6.45, 7) is 5.23. The van der Waals surface area contributed by atoms with Gasteiger partial charge in [-0.3, -0.25) is 5.10 Å². The molecule has 0 amide bonds. The third kappa shape index (κ3) is 2.86. The molecule has 21 heavy (non-hydrogen) atoms. The smallest absolute Gasteiger partial charge is 0.340 e. The molecule has 1 fully saturated rings. The largest absolute Gasteiger partial charge is 0.478 e. The summed E-state index contributed by atoms with van der Waals surface area (Å²) in [5, 5.41) is 15.0. The van der Waals surface area contributed by atoms with E-state index < -0.39 is 21.0 Å². The van der Waals surface area contributed by atoms with Gasteiger partial charge in [0.05, 0.1) is 0 Å². The van der Waals surface area contributed by atoms with E-state index in [0.717, 1.165) is 25.7 Å². The van der Waals surface area contributed by atoms with Gasteiger partial charge in [-0.1, -0.05) is 18.9 Å². The van der Waals surface area contributed by atoms with Crippen LogP contribution in [-0.4, -0.2) is 46.6 Å². The number of H-pyrrole nitrogens is 1. The summed E-state index contributed by atoms with van der Waals surface area (Å²) in [4.78, 5) is 11.3. The third-order valence-corrected chi connectivity index (χ3v) is 5.57. The predicted molar refractivity (Wildman–Crippen MR) is 76.6 cm³/mol. The van der Waals surface area contributed by atoms with Crippen LogP contribution in [0.3, 0.4) is 0 Å². The third-order valence-electron chi connectivity index (χ3n) is 3.72. The predicted octanol–water partition coefficient (Wildman–Crippen LogP) is 1.54. The lowest BCUT2D eigenvalue weighted by Crippen LogP contribution is -2.39. The molecule has 0 bridgehead atoms. The Bertz CT molecular complexity index is 644. The Balaban J connectivity index is 2.48. The van der Waals surface area contributed by atoms with Crippen LogP contribution in [-0.2, 0) is 10.0 Å². The highest BCUT2D eigenvalue weighted by Gasteiger charge is 2.37. The first-order valence-corrected chi connectivity index (χ1v) is 8.24. The molecule has 116 valence electrons. The van der Waals surface area contributed by atoms with Gasteiger partial charge < -0.3 is 5.11 Å². The highest BCUT2D eigenvalue weighted by molar-refractivity contribution is 7.89. The SMILES string of the molecule is C=CCN(C1CCCC1)S(=O)(=O)c1n[nH]c(C)c1C(=O)O. The summed E-state index contributed by atoms with van der Waals surface area (Å²) in [5.74, 6) is -1.30. The summed E-state index contributed by atoms with van der Waals surface area (Å²) in [7, 11) is -3.96. The maximum Gasteiger partial charge on any atom is 0.340 e. The minimum atomic E-state index is -3.96. The topological polar surface area (TPSA) is 103 Å². The molecule has 0 saturated heterocycles. The van der Waals surface area contributed by atoms with Crippen molar-refractivity contribution in [3.05, 3.63) is 23.9 Å². The number of hydrogen-bond acceptors (Lipinski definition) is 4. The average molecular weight is 313 g/mol. The normalized spacial score (nSPS) is 16.5. The molecule has 0 spiro atoms. The van der Waals surface area contributed by atoms with Crippen LogP contribution in [0.5, 0.6) is 0 Å². The maximum absolute atomic E-state index is 12.8. The molecule has 1 aromatic rings. The van der Waals surface area contributed by atoms with Crippen molar-refractivity contribution in [1.29, 1.82) is 0 Å². The van der Waals surface area contributed by atoms with Crippen LogP contribution in [0.25, 0.3) is 0 Å². The molecule has 7 nitrogen and oxygen atoms in total. The molecule has 0 radical (unpaired) electrons. The number of aryl methyl sites for hydroxylation is 1. The van der Waals surface area contributed by atoms with Crippen LogP contribution in [0.4, 0.5) is 0 Å². The second-order valence-electron chi connectivity index (χ2n) is 5.14. The van der Waals surface area contributed by atoms with E-state index in [1.807, 2.05) is 0 Å². The van der Waals surface area contributed by atoms with Crippen LogP contribution < -0.4 is 0 Å². The van der Waals surface area contributed by atoms with Gasteiger partial charge in [0.2, 0.25) is 5.03 Å². The molecule has 1 aliphatic rings. The van der Waals surface area contributed by atoms with E-state index in [-0.39, 0.29) is 23.8 Å². The van der Waals surface area contributed by atoms with Gasteiger partial charge in [0.25, 0.3) is 10.0 Å². The number of carbonyl (C=O) groups is 1. The van der Waals surface area contributed by atoms with Crippen molar-refractivity contribution >= 4 is 16.0 Å². The van der Waals surface area contributed by atoms with Gasteiger partial charge >= 0.3 is 5.97 Å². The number of carboxylic acids is 1. The Morgan fingerprint density at radius 1 is 1.52 bits per heavy atom. The molecule has 2 N–H and O–H groups in total. The zero-order valence-electron chi connectivity index (χ0n) is 11.9. The van der Waals surface area contributed by atoms with E-state index in [0.29, 0.717) is 0 Å². The van der Waals surface area contributed by atoms with E-state index in [9.17, 15) is 18.3 Å². The van der Waals surface area contributed by atoms with E-state index in [1.165, 1.54) is 17.3 Å². The quantitative estimate of drug-likeness (QED) is 0.775. The summed E-state index contributed by atoms with van der Waals surface area (Å²) < 4.78 is 26.9. The van der Waals surface area contributed by atoms with Gasteiger partial charge in [0.15, 0.2) is 0 Å². The van der Waals surface area contributed by atoms with Gasteiger partial charge in [0.1, 0.15) is 5.56 Å². The van der Waals surface area contributed by atoms with Gasteiger partial charge in [-0.15, -0.1) is 6.58 Å². The van der Waals surface area contributed by atoms with E-state index >= 15 is 0 Å². The van der Waals surface area contributed by atoms with E-state index in [2.05, 4.69) is 16.8 Å². The Hall–Kier alpha value is -1.67. The van der Waals surface area contributed by atoms with Crippen LogP contribution in [0.1, 0.15) is 41.7 Å². The van der Waals surface area contributed by atoms with Crippen molar-refractivity contribution in [3.8, 4) is 0 Å². The standard InChI is InChI=1S/C13H19N3O4S/c1-3-8-16(10-6-4-5-7-10)21(19,20)12-11(13(17)18)9(2)14-15-12/h3,10H,1,4-8H2,2H3,(H,14,15)(H,17,18). The second-order valence-corrected chi connectivity index (χ2v) is 6.94. The minimum Gasteiger partial charge on any atom is -0.478 e. The van der Waals surface area contributed by atoms with Gasteiger partial charge in [0, 0.05) is 18.3 Å². The van der Waals surface area contributed by atoms with Crippen LogP contribution in [0, 0.1) is 6.92 Å². The van der Waals surface area contributed by atoms with Crippen LogP contribution in [0.15, 0.2) is 17.7 Å². The first kappa shape index (κ1) is 15.7. The van der Waals surface area contributed by atoms with Crippen molar-refractivity contribution < 1.29 is 18.3 Å². The molecule has 0 unspecified atom stereocenters. The van der Waals surface area contributed by atoms with Gasteiger partial charge in [-0.25, -0.2) is 13.2 Å². The van der Waals surface area contributed by atoms with E-state index in [4.69, 9.17) is 0 Å². The van der Waals surface area contributed by atoms with Crippen molar-refractivity contribution in [1.82, 2.24) is 14.5 Å². The van der Waals surface area contributed by atoms with E-state index in [1.54, 1.807) is 0 Å². The highest BCUT2D eigenvalue weighted by atomic mass is 32.2. The monoisotopic (exact) mass is 313 g/mol. The number of aromatic nitrogens is 2. The van der Waals surface area contributed by atoms with Crippen LogP contribution in [0.2, 0.25) is 0 Å². The van der Waals surface area contributed by atoms with Gasteiger partial charge in [-0.05, 0) is 19.8 Å². The molecule has 2 rings (SSSR count). The Kier molecular flexibility index (Phi) is 4.48. The average Bonchev–Trinajstić information content (AvgIpc) is 3.04. The molecule has 1 heterocycles. The first-order valence-electron chi connectivity index (χ1n) is 6.80. The molecule has 1 aromatic heterocycles. The van der Waals surface area contributed by atoms with Crippen LogP contribution >= 0.6 is 0 Å². The highest BCUT2D eigenvalue weighted by Crippen LogP contribution is 2.29. The number of nitrogens with zero attached hydrogens (tertiary/aromatic N) is 2. The number of aromatic carboxylic acids is 1. The van der Waals surface area contributed by atoms with Crippen molar-refractivity contribution in [2.45, 2.75) is 43.7 Å². The zero-order chi connectivity index (χ0) is 15.6.